The minimum atomic E-state index is -1.75. The second-order valence-corrected chi connectivity index (χ2v) is 12.6. The third-order valence-corrected chi connectivity index (χ3v) is 10.6. The Morgan fingerprint density at radius 1 is 0.704 bits per heavy atom. The van der Waals surface area contributed by atoms with Crippen LogP contribution in [0.4, 0.5) is 0 Å². The summed E-state index contributed by atoms with van der Waals surface area (Å²) in [4.78, 5) is 0. The van der Waals surface area contributed by atoms with Crippen molar-refractivity contribution in [3.05, 3.63) is 93.7 Å². The normalized spacial score (nSPS) is 17.1. The van der Waals surface area contributed by atoms with E-state index in [1.54, 1.807) is 16.3 Å². The van der Waals surface area contributed by atoms with E-state index < -0.39 is 8.07 Å². The van der Waals surface area contributed by atoms with Crippen LogP contribution >= 0.6 is 0 Å². The summed E-state index contributed by atoms with van der Waals surface area (Å²) < 4.78 is 0. The monoisotopic (exact) mass is 424 g/mol. The molecule has 3 rings (SSSR count). The Bertz CT molecular complexity index is 780. The molecule has 0 N–H and O–H groups in total. The summed E-state index contributed by atoms with van der Waals surface area (Å²) in [6, 6.07) is 22.2. The largest absolute Gasteiger partial charge is 1.00 e. The first kappa shape index (κ1) is 26.4. The molecule has 1 aliphatic carbocycles. The molecule has 0 bridgehead atoms. The van der Waals surface area contributed by atoms with E-state index in [1.165, 1.54) is 16.7 Å². The summed E-state index contributed by atoms with van der Waals surface area (Å²) in [7, 11) is -1.75. The molecule has 0 amide bonds. The van der Waals surface area contributed by atoms with E-state index >= 15 is 0 Å². The number of benzene rings is 2. The Morgan fingerprint density at radius 3 is 1.44 bits per heavy atom. The molecule has 2 aromatic carbocycles. The van der Waals surface area contributed by atoms with Gasteiger partial charge in [-0.1, -0.05) is 97.0 Å². The second-order valence-electron chi connectivity index (χ2n) is 8.04. The smallest absolute Gasteiger partial charge is 0.0700 e. The van der Waals surface area contributed by atoms with Crippen molar-refractivity contribution < 1.29 is 103 Å². The molecule has 0 spiro atoms. The van der Waals surface area contributed by atoms with Crippen molar-refractivity contribution in [3.8, 4) is 0 Å². The van der Waals surface area contributed by atoms with Gasteiger partial charge in [0.05, 0.1) is 8.07 Å². The summed E-state index contributed by atoms with van der Waals surface area (Å²) >= 11 is 0. The van der Waals surface area contributed by atoms with Crippen molar-refractivity contribution in [1.29, 1.82) is 0 Å². The summed E-state index contributed by atoms with van der Waals surface area (Å²) in [5, 5.41) is 1.74. The molecule has 1 atom stereocenters. The molecule has 3 heteroatoms. The van der Waals surface area contributed by atoms with E-state index in [-0.39, 0.29) is 103 Å². The van der Waals surface area contributed by atoms with Crippen molar-refractivity contribution in [1.82, 2.24) is 0 Å². The maximum Gasteiger partial charge on any atom is 1.00 e. The first-order valence-corrected chi connectivity index (χ1v) is 12.4. The van der Waals surface area contributed by atoms with Gasteiger partial charge in [-0.2, -0.15) is 0 Å². The number of rotatable bonds is 4. The van der Waals surface area contributed by atoms with Gasteiger partial charge in [0.2, 0.25) is 0 Å². The molecule has 0 aliphatic heterocycles. The molecule has 0 aromatic heterocycles. The predicted molar refractivity (Wildman–Crippen MR) is 112 cm³/mol. The molecule has 1 unspecified atom stereocenters. The first-order valence-electron chi connectivity index (χ1n) is 9.34. The predicted octanol–water partition coefficient (Wildman–Crippen LogP) is 0.916. The topological polar surface area (TPSA) is 0 Å². The van der Waals surface area contributed by atoms with Crippen molar-refractivity contribution in [2.45, 2.75) is 46.3 Å². The Morgan fingerprint density at radius 2 is 1.11 bits per heavy atom. The summed E-state index contributed by atoms with van der Waals surface area (Å²) in [5.41, 5.74) is 8.04. The van der Waals surface area contributed by atoms with Gasteiger partial charge < -0.3 is 0 Å². The van der Waals surface area contributed by atoms with Gasteiger partial charge in [0, 0.05) is 5.54 Å². The summed E-state index contributed by atoms with van der Waals surface area (Å²) in [5.74, 6) is 0.580. The summed E-state index contributed by atoms with van der Waals surface area (Å²) in [6.07, 6.45) is 0. The van der Waals surface area contributed by atoms with Gasteiger partial charge in [-0.05, 0) is 43.4 Å². The van der Waals surface area contributed by atoms with Crippen molar-refractivity contribution in [3.63, 3.8) is 0 Å². The van der Waals surface area contributed by atoms with Gasteiger partial charge in [-0.3, -0.25) is 0 Å². The molecule has 0 fully saturated rings. The molecule has 0 heterocycles. The third-order valence-electron chi connectivity index (χ3n) is 6.32. The molecular formula is C24H30K2Si+2. The average molecular weight is 425 g/mol. The summed E-state index contributed by atoms with van der Waals surface area (Å²) in [6.45, 7) is 14.5. The Hall–Kier alpha value is 1.41. The second kappa shape index (κ2) is 11.1. The zero-order valence-electron chi connectivity index (χ0n) is 18.4. The van der Waals surface area contributed by atoms with Crippen LogP contribution in [0.3, 0.4) is 0 Å². The zero-order valence-corrected chi connectivity index (χ0v) is 25.7. The van der Waals surface area contributed by atoms with E-state index in [4.69, 9.17) is 0 Å². The maximum atomic E-state index is 2.57. The zero-order chi connectivity index (χ0) is 18.2. The number of hydrogen-bond acceptors (Lipinski definition) is 0. The van der Waals surface area contributed by atoms with Gasteiger partial charge in [-0.25, -0.2) is 0 Å². The van der Waals surface area contributed by atoms with Crippen LogP contribution in [-0.2, 0) is 0 Å². The fraction of sp³-hybridized carbons (Fsp3) is 0.333. The van der Waals surface area contributed by atoms with Crippen LogP contribution in [0.15, 0.2) is 82.6 Å². The Balaban J connectivity index is 0.00000182. The van der Waals surface area contributed by atoms with E-state index in [0.717, 1.165) is 0 Å². The fourth-order valence-corrected chi connectivity index (χ4v) is 9.73. The van der Waals surface area contributed by atoms with E-state index in [2.05, 4.69) is 101 Å². The average Bonchev–Trinajstić information content (AvgIpc) is 2.80. The van der Waals surface area contributed by atoms with Crippen molar-refractivity contribution >= 4 is 8.07 Å². The molecule has 130 valence electrons. The first-order chi connectivity index (χ1) is 11.9. The minimum Gasteiger partial charge on any atom is -0.0700 e. The van der Waals surface area contributed by atoms with Crippen LogP contribution in [0, 0.1) is 5.92 Å². The van der Waals surface area contributed by atoms with Crippen molar-refractivity contribution in [2.75, 3.05) is 0 Å². The quantitative estimate of drug-likeness (QED) is 0.640. The van der Waals surface area contributed by atoms with Crippen LogP contribution < -0.4 is 103 Å². The molecule has 1 aliphatic rings. The Labute approximate surface area is 252 Å². The standard InChI is InChI=1S/C24H30Si.2K/c1-17-18(2)20(4)23(19(17)3)25(5,6)24(21-13-9-7-10-14-21)22-15-11-8-12-16-22;;/h7-16,19,24H,1-6H3;;/q;2*+1. The van der Waals surface area contributed by atoms with E-state index in [1.807, 2.05) is 0 Å². The van der Waals surface area contributed by atoms with Gasteiger partial charge in [0.1, 0.15) is 0 Å². The van der Waals surface area contributed by atoms with Crippen LogP contribution in [-0.4, -0.2) is 8.07 Å². The number of allylic oxidation sites excluding steroid dienone is 4. The SMILES string of the molecule is CC1=C(C)C(C)C([Si](C)(C)C(c2ccccc2)c2ccccc2)=C1C.[K+].[K+]. The fourth-order valence-electron chi connectivity index (χ4n) is 4.88. The molecule has 0 saturated carbocycles. The third kappa shape index (κ3) is 5.37. The van der Waals surface area contributed by atoms with Crippen LogP contribution in [0.1, 0.15) is 44.4 Å². The molecule has 27 heavy (non-hydrogen) atoms. The molecule has 2 aromatic rings. The molecule has 0 nitrogen and oxygen atoms in total. The van der Waals surface area contributed by atoms with Gasteiger partial charge in [0.15, 0.2) is 0 Å². The van der Waals surface area contributed by atoms with Crippen molar-refractivity contribution in [2.24, 2.45) is 5.92 Å². The van der Waals surface area contributed by atoms with Crippen LogP contribution in [0.2, 0.25) is 13.1 Å². The number of hydrogen-bond donors (Lipinski definition) is 0. The molecule has 0 radical (unpaired) electrons. The van der Waals surface area contributed by atoms with E-state index in [9.17, 15) is 0 Å². The van der Waals surface area contributed by atoms with Crippen LogP contribution in [0.25, 0.3) is 0 Å². The maximum absolute atomic E-state index is 2.57. The minimum absolute atomic E-state index is 0. The Kier molecular flexibility index (Phi) is 10.9. The van der Waals surface area contributed by atoms with Gasteiger partial charge in [-0.15, -0.1) is 0 Å². The van der Waals surface area contributed by atoms with Gasteiger partial charge >= 0.3 is 103 Å². The van der Waals surface area contributed by atoms with E-state index in [0.29, 0.717) is 11.5 Å². The molecule has 0 saturated heterocycles. The van der Waals surface area contributed by atoms with Crippen LogP contribution in [0.5, 0.6) is 0 Å². The van der Waals surface area contributed by atoms with Gasteiger partial charge in [0.25, 0.3) is 0 Å². The molecular weight excluding hydrogens is 395 g/mol.